The first-order valence-electron chi connectivity index (χ1n) is 6.84. The van der Waals surface area contributed by atoms with Crippen LogP contribution in [0, 0.1) is 0 Å². The van der Waals surface area contributed by atoms with Crippen molar-refractivity contribution >= 4 is 28.6 Å². The minimum atomic E-state index is -0.0706. The van der Waals surface area contributed by atoms with Gasteiger partial charge in [0.2, 0.25) is 5.56 Å². The second-order valence-corrected chi connectivity index (χ2v) is 5.65. The van der Waals surface area contributed by atoms with Gasteiger partial charge in [0.1, 0.15) is 0 Å². The lowest BCUT2D eigenvalue weighted by molar-refractivity contribution is 1.27. The Morgan fingerprint density at radius 1 is 1.00 bits per heavy atom. The van der Waals surface area contributed by atoms with Gasteiger partial charge in [0.05, 0.1) is 0 Å². The van der Waals surface area contributed by atoms with Crippen LogP contribution >= 0.6 is 11.6 Å². The Labute approximate surface area is 126 Å². The van der Waals surface area contributed by atoms with E-state index in [0.717, 1.165) is 27.9 Å². The molecule has 1 aliphatic carbocycles. The molecule has 3 aromatic rings. The van der Waals surface area contributed by atoms with Crippen molar-refractivity contribution in [3.63, 3.8) is 0 Å². The molecule has 0 fully saturated rings. The molecule has 1 aliphatic rings. The van der Waals surface area contributed by atoms with Gasteiger partial charge in [-0.1, -0.05) is 35.9 Å². The summed E-state index contributed by atoms with van der Waals surface area (Å²) in [5, 5.41) is 1.84. The maximum absolute atomic E-state index is 11.5. The standard InChI is InChI=1S/C18H12ClNO/c19-12-4-5-13-11(10-12)2-1-3-14-15(13)6-8-17-16(14)7-9-18(21)20-17/h1-2,4-10H,3H2,(H,20,21). The second-order valence-electron chi connectivity index (χ2n) is 5.21. The quantitative estimate of drug-likeness (QED) is 0.654. The van der Waals surface area contributed by atoms with Crippen LogP contribution in [0.1, 0.15) is 11.1 Å². The topological polar surface area (TPSA) is 32.9 Å². The van der Waals surface area contributed by atoms with Crippen LogP contribution in [0.15, 0.2) is 53.3 Å². The fourth-order valence-electron chi connectivity index (χ4n) is 2.99. The Hall–Kier alpha value is -2.32. The third-order valence-electron chi connectivity index (χ3n) is 3.94. The van der Waals surface area contributed by atoms with E-state index in [2.05, 4.69) is 29.3 Å². The summed E-state index contributed by atoms with van der Waals surface area (Å²) >= 11 is 6.10. The van der Waals surface area contributed by atoms with Gasteiger partial charge in [0.25, 0.3) is 0 Å². The van der Waals surface area contributed by atoms with Crippen molar-refractivity contribution in [2.75, 3.05) is 0 Å². The highest BCUT2D eigenvalue weighted by Gasteiger charge is 2.14. The monoisotopic (exact) mass is 293 g/mol. The summed E-state index contributed by atoms with van der Waals surface area (Å²) < 4.78 is 0. The number of aromatic amines is 1. The van der Waals surface area contributed by atoms with Crippen LogP contribution in [-0.2, 0) is 6.42 Å². The molecule has 1 heterocycles. The van der Waals surface area contributed by atoms with Crippen molar-refractivity contribution in [2.24, 2.45) is 0 Å². The number of rotatable bonds is 0. The summed E-state index contributed by atoms with van der Waals surface area (Å²) in [5.41, 5.74) is 5.56. The van der Waals surface area contributed by atoms with Gasteiger partial charge in [-0.05, 0) is 52.9 Å². The second kappa shape index (κ2) is 4.61. The van der Waals surface area contributed by atoms with Crippen LogP contribution in [-0.4, -0.2) is 4.98 Å². The van der Waals surface area contributed by atoms with Gasteiger partial charge < -0.3 is 4.98 Å². The molecule has 102 valence electrons. The van der Waals surface area contributed by atoms with E-state index in [0.29, 0.717) is 0 Å². The predicted molar refractivity (Wildman–Crippen MR) is 87.8 cm³/mol. The van der Waals surface area contributed by atoms with Crippen LogP contribution < -0.4 is 5.56 Å². The Morgan fingerprint density at radius 2 is 1.86 bits per heavy atom. The molecule has 0 spiro atoms. The number of aromatic nitrogens is 1. The van der Waals surface area contributed by atoms with E-state index in [-0.39, 0.29) is 5.56 Å². The van der Waals surface area contributed by atoms with Gasteiger partial charge in [0.15, 0.2) is 0 Å². The lowest BCUT2D eigenvalue weighted by atomic mass is 9.93. The van der Waals surface area contributed by atoms with E-state index in [4.69, 9.17) is 11.6 Å². The third-order valence-corrected chi connectivity index (χ3v) is 4.17. The van der Waals surface area contributed by atoms with Gasteiger partial charge in [-0.2, -0.15) is 0 Å². The highest BCUT2D eigenvalue weighted by atomic mass is 35.5. The fraction of sp³-hybridized carbons (Fsp3) is 0.0556. The Balaban J connectivity index is 2.09. The molecule has 0 radical (unpaired) electrons. The van der Waals surface area contributed by atoms with Crippen LogP contribution in [0.2, 0.25) is 5.02 Å². The van der Waals surface area contributed by atoms with Crippen molar-refractivity contribution in [1.82, 2.24) is 4.98 Å². The van der Waals surface area contributed by atoms with E-state index in [1.807, 2.05) is 24.3 Å². The Bertz CT molecular complexity index is 953. The fourth-order valence-corrected chi connectivity index (χ4v) is 3.17. The molecule has 0 saturated carbocycles. The van der Waals surface area contributed by atoms with Crippen molar-refractivity contribution in [2.45, 2.75) is 6.42 Å². The first-order valence-corrected chi connectivity index (χ1v) is 7.21. The van der Waals surface area contributed by atoms with E-state index in [1.165, 1.54) is 16.7 Å². The van der Waals surface area contributed by atoms with E-state index < -0.39 is 0 Å². The van der Waals surface area contributed by atoms with Gasteiger partial charge in [-0.15, -0.1) is 0 Å². The largest absolute Gasteiger partial charge is 0.322 e. The normalized spacial score (nSPS) is 12.8. The highest BCUT2D eigenvalue weighted by Crippen LogP contribution is 2.36. The average molecular weight is 294 g/mol. The zero-order chi connectivity index (χ0) is 14.4. The van der Waals surface area contributed by atoms with Gasteiger partial charge in [-0.25, -0.2) is 0 Å². The molecular formula is C18H12ClNO. The number of pyridine rings is 1. The van der Waals surface area contributed by atoms with Gasteiger partial charge in [0, 0.05) is 22.0 Å². The average Bonchev–Trinajstić information content (AvgIpc) is 2.65. The molecular weight excluding hydrogens is 282 g/mol. The van der Waals surface area contributed by atoms with Gasteiger partial charge in [-0.3, -0.25) is 4.79 Å². The van der Waals surface area contributed by atoms with Crippen LogP contribution in [0.25, 0.3) is 28.1 Å². The molecule has 3 heteroatoms. The maximum atomic E-state index is 11.5. The minimum Gasteiger partial charge on any atom is -0.322 e. The van der Waals surface area contributed by atoms with Crippen LogP contribution in [0.4, 0.5) is 0 Å². The lowest BCUT2D eigenvalue weighted by Crippen LogP contribution is -2.03. The molecule has 2 nitrogen and oxygen atoms in total. The summed E-state index contributed by atoms with van der Waals surface area (Å²) in [7, 11) is 0. The number of fused-ring (bicyclic) bond motifs is 5. The summed E-state index contributed by atoms with van der Waals surface area (Å²) in [5.74, 6) is 0. The summed E-state index contributed by atoms with van der Waals surface area (Å²) in [4.78, 5) is 14.4. The molecule has 0 bridgehead atoms. The SMILES string of the molecule is O=c1ccc2c3c(ccc2[nH]1)-c1ccc(Cl)cc1C=CC3. The number of nitrogens with one attached hydrogen (secondary N) is 1. The summed E-state index contributed by atoms with van der Waals surface area (Å²) in [6, 6.07) is 13.5. The molecule has 0 amide bonds. The molecule has 0 saturated heterocycles. The maximum Gasteiger partial charge on any atom is 0.248 e. The molecule has 4 rings (SSSR count). The van der Waals surface area contributed by atoms with Crippen LogP contribution in [0.3, 0.4) is 0 Å². The minimum absolute atomic E-state index is 0.0706. The van der Waals surface area contributed by atoms with Crippen molar-refractivity contribution < 1.29 is 0 Å². The van der Waals surface area contributed by atoms with Crippen molar-refractivity contribution in [1.29, 1.82) is 0 Å². The van der Waals surface area contributed by atoms with E-state index in [9.17, 15) is 4.79 Å². The molecule has 21 heavy (non-hydrogen) atoms. The van der Waals surface area contributed by atoms with E-state index in [1.54, 1.807) is 6.07 Å². The van der Waals surface area contributed by atoms with Crippen LogP contribution in [0.5, 0.6) is 0 Å². The predicted octanol–water partition coefficient (Wildman–Crippen LogP) is 4.42. The number of H-pyrrole nitrogens is 1. The zero-order valence-electron chi connectivity index (χ0n) is 11.2. The lowest BCUT2D eigenvalue weighted by Gasteiger charge is -2.12. The molecule has 0 atom stereocenters. The first-order chi connectivity index (χ1) is 10.2. The Kier molecular flexibility index (Phi) is 2.72. The molecule has 2 aromatic carbocycles. The summed E-state index contributed by atoms with van der Waals surface area (Å²) in [6.45, 7) is 0. The highest BCUT2D eigenvalue weighted by molar-refractivity contribution is 6.30. The molecule has 0 unspecified atom stereocenters. The smallest absolute Gasteiger partial charge is 0.248 e. The van der Waals surface area contributed by atoms with Gasteiger partial charge >= 0.3 is 0 Å². The summed E-state index contributed by atoms with van der Waals surface area (Å²) in [6.07, 6.45) is 5.09. The number of hydrogen-bond acceptors (Lipinski definition) is 1. The third kappa shape index (κ3) is 1.99. The zero-order valence-corrected chi connectivity index (χ0v) is 11.9. The van der Waals surface area contributed by atoms with Crippen molar-refractivity contribution in [3.05, 3.63) is 75.0 Å². The number of benzene rings is 2. The molecule has 1 aromatic heterocycles. The Morgan fingerprint density at radius 3 is 2.76 bits per heavy atom. The van der Waals surface area contributed by atoms with Crippen molar-refractivity contribution in [3.8, 4) is 11.1 Å². The first kappa shape index (κ1) is 12.4. The number of hydrogen-bond donors (Lipinski definition) is 1. The molecule has 0 aliphatic heterocycles. The number of allylic oxidation sites excluding steroid dienone is 1. The molecule has 1 N–H and O–H groups in total. The van der Waals surface area contributed by atoms with E-state index >= 15 is 0 Å². The number of halogens is 1.